The monoisotopic (exact) mass is 430 g/mol. The highest BCUT2D eigenvalue weighted by atomic mass is 16.5. The Morgan fingerprint density at radius 3 is 2.34 bits per heavy atom. The molecule has 1 amide bonds. The first-order chi connectivity index (χ1) is 15.7. The summed E-state index contributed by atoms with van der Waals surface area (Å²) in [7, 11) is 1.69. The SMILES string of the molecule is COc1ccc(CCN2CCC(N(Cc3cccnc3)C(=O)c3cccnc3)CC2)cc1. The van der Waals surface area contributed by atoms with Gasteiger partial charge in [0.05, 0.1) is 12.7 Å². The number of amides is 1. The van der Waals surface area contributed by atoms with Crippen LogP contribution in [0.15, 0.2) is 73.3 Å². The average Bonchev–Trinajstić information content (AvgIpc) is 2.87. The number of pyridine rings is 2. The number of methoxy groups -OCH3 is 1. The van der Waals surface area contributed by atoms with E-state index in [-0.39, 0.29) is 11.9 Å². The Morgan fingerprint density at radius 2 is 1.72 bits per heavy atom. The van der Waals surface area contributed by atoms with Crippen LogP contribution >= 0.6 is 0 Å². The standard InChI is InChI=1S/C26H30N4O2/c1-32-25-8-6-21(7-9-25)10-15-29-16-11-24(12-17-29)30(20-22-4-2-13-27-18-22)26(31)23-5-3-14-28-19-23/h2-9,13-14,18-19,24H,10-12,15-17,20H2,1H3. The predicted molar refractivity (Wildman–Crippen MR) is 125 cm³/mol. The number of carbonyl (C=O) groups excluding carboxylic acids is 1. The Labute approximate surface area is 189 Å². The van der Waals surface area contributed by atoms with Crippen LogP contribution in [0.25, 0.3) is 0 Å². The van der Waals surface area contributed by atoms with Gasteiger partial charge in [0.15, 0.2) is 0 Å². The second kappa shape index (κ2) is 10.9. The molecule has 6 heteroatoms. The van der Waals surface area contributed by atoms with Crippen LogP contribution in [0.1, 0.15) is 34.3 Å². The number of hydrogen-bond donors (Lipinski definition) is 0. The third-order valence-electron chi connectivity index (χ3n) is 6.12. The number of nitrogens with zero attached hydrogens (tertiary/aromatic N) is 4. The van der Waals surface area contributed by atoms with Crippen molar-refractivity contribution in [2.45, 2.75) is 31.8 Å². The van der Waals surface area contributed by atoms with Crippen molar-refractivity contribution in [1.29, 1.82) is 0 Å². The third kappa shape index (κ3) is 5.71. The number of likely N-dealkylation sites (tertiary alicyclic amines) is 1. The minimum atomic E-state index is 0.0404. The van der Waals surface area contributed by atoms with E-state index in [0.717, 1.165) is 50.2 Å². The Hall–Kier alpha value is -3.25. The lowest BCUT2D eigenvalue weighted by atomic mass is 10.0. The third-order valence-corrected chi connectivity index (χ3v) is 6.12. The zero-order valence-corrected chi connectivity index (χ0v) is 18.6. The maximum absolute atomic E-state index is 13.3. The van der Waals surface area contributed by atoms with Crippen LogP contribution in [0.3, 0.4) is 0 Å². The summed E-state index contributed by atoms with van der Waals surface area (Å²) in [6.07, 6.45) is 9.91. The minimum absolute atomic E-state index is 0.0404. The van der Waals surface area contributed by atoms with Crippen LogP contribution in [0.2, 0.25) is 0 Å². The Bertz CT molecular complexity index is 972. The van der Waals surface area contributed by atoms with Crippen molar-refractivity contribution in [1.82, 2.24) is 19.8 Å². The molecule has 32 heavy (non-hydrogen) atoms. The largest absolute Gasteiger partial charge is 0.497 e. The lowest BCUT2D eigenvalue weighted by molar-refractivity contribution is 0.0550. The fraction of sp³-hybridized carbons (Fsp3) is 0.346. The predicted octanol–water partition coefficient (Wildman–Crippen LogP) is 3.83. The van der Waals surface area contributed by atoms with Gasteiger partial charge in [-0.2, -0.15) is 0 Å². The molecule has 1 aromatic carbocycles. The number of benzene rings is 1. The molecule has 0 saturated carbocycles. The molecule has 0 aliphatic carbocycles. The quantitative estimate of drug-likeness (QED) is 0.544. The number of carbonyl (C=O) groups is 1. The van der Waals surface area contributed by atoms with Crippen molar-refractivity contribution < 1.29 is 9.53 Å². The molecule has 0 unspecified atom stereocenters. The summed E-state index contributed by atoms with van der Waals surface area (Å²) >= 11 is 0. The van der Waals surface area contributed by atoms with Crippen molar-refractivity contribution in [2.24, 2.45) is 0 Å². The lowest BCUT2D eigenvalue weighted by Crippen LogP contribution is -2.47. The molecule has 3 aromatic rings. The Balaban J connectivity index is 1.37. The van der Waals surface area contributed by atoms with Gasteiger partial charge in [-0.3, -0.25) is 14.8 Å². The highest BCUT2D eigenvalue weighted by Gasteiger charge is 2.28. The Morgan fingerprint density at radius 1 is 1.00 bits per heavy atom. The molecular formula is C26H30N4O2. The minimum Gasteiger partial charge on any atom is -0.497 e. The maximum Gasteiger partial charge on any atom is 0.255 e. The number of rotatable bonds is 8. The molecule has 3 heterocycles. The first-order valence-electron chi connectivity index (χ1n) is 11.2. The van der Waals surface area contributed by atoms with E-state index in [2.05, 4.69) is 27.0 Å². The number of hydrogen-bond acceptors (Lipinski definition) is 5. The van der Waals surface area contributed by atoms with E-state index in [1.165, 1.54) is 5.56 Å². The van der Waals surface area contributed by atoms with Gasteiger partial charge in [-0.05, 0) is 60.7 Å². The van der Waals surface area contributed by atoms with Crippen molar-refractivity contribution in [2.75, 3.05) is 26.7 Å². The summed E-state index contributed by atoms with van der Waals surface area (Å²) in [6.45, 7) is 3.58. The topological polar surface area (TPSA) is 58.6 Å². The van der Waals surface area contributed by atoms with E-state index in [9.17, 15) is 4.79 Å². The normalized spacial score (nSPS) is 14.8. The molecular weight excluding hydrogens is 400 g/mol. The van der Waals surface area contributed by atoms with Gasteiger partial charge in [-0.25, -0.2) is 0 Å². The number of aromatic nitrogens is 2. The van der Waals surface area contributed by atoms with Crippen molar-refractivity contribution in [3.8, 4) is 5.75 Å². The molecule has 0 radical (unpaired) electrons. The zero-order chi connectivity index (χ0) is 22.2. The summed E-state index contributed by atoms with van der Waals surface area (Å²) in [4.78, 5) is 26.2. The molecule has 2 aromatic heterocycles. The van der Waals surface area contributed by atoms with Gasteiger partial charge >= 0.3 is 0 Å². The van der Waals surface area contributed by atoms with Gasteiger partial charge in [0, 0.05) is 57.0 Å². The highest BCUT2D eigenvalue weighted by molar-refractivity contribution is 5.94. The van der Waals surface area contributed by atoms with Crippen LogP contribution in [-0.4, -0.2) is 58.5 Å². The zero-order valence-electron chi connectivity index (χ0n) is 18.6. The maximum atomic E-state index is 13.3. The van der Waals surface area contributed by atoms with Crippen molar-refractivity contribution in [3.05, 3.63) is 90.0 Å². The molecule has 1 aliphatic rings. The van der Waals surface area contributed by atoms with Gasteiger partial charge in [0.1, 0.15) is 5.75 Å². The summed E-state index contributed by atoms with van der Waals surface area (Å²) in [5, 5.41) is 0. The summed E-state index contributed by atoms with van der Waals surface area (Å²) in [5.41, 5.74) is 3.00. The van der Waals surface area contributed by atoms with Gasteiger partial charge in [-0.15, -0.1) is 0 Å². The molecule has 4 rings (SSSR count). The van der Waals surface area contributed by atoms with Gasteiger partial charge in [0.25, 0.3) is 5.91 Å². The van der Waals surface area contributed by atoms with E-state index < -0.39 is 0 Å². The van der Waals surface area contributed by atoms with Gasteiger partial charge in [0.2, 0.25) is 0 Å². The molecule has 1 saturated heterocycles. The second-order valence-electron chi connectivity index (χ2n) is 8.21. The second-order valence-corrected chi connectivity index (χ2v) is 8.21. The molecule has 166 valence electrons. The first-order valence-corrected chi connectivity index (χ1v) is 11.2. The van der Waals surface area contributed by atoms with Gasteiger partial charge < -0.3 is 14.5 Å². The molecule has 1 aliphatic heterocycles. The van der Waals surface area contributed by atoms with E-state index >= 15 is 0 Å². The first kappa shape index (κ1) is 22.0. The van der Waals surface area contributed by atoms with E-state index in [1.807, 2.05) is 47.5 Å². The fourth-order valence-electron chi connectivity index (χ4n) is 4.24. The molecule has 6 nitrogen and oxygen atoms in total. The molecule has 1 fully saturated rings. The molecule has 0 spiro atoms. The molecule has 0 N–H and O–H groups in total. The summed E-state index contributed by atoms with van der Waals surface area (Å²) in [5.74, 6) is 0.931. The smallest absolute Gasteiger partial charge is 0.255 e. The van der Waals surface area contributed by atoms with E-state index in [0.29, 0.717) is 12.1 Å². The number of piperidine rings is 1. The van der Waals surface area contributed by atoms with Crippen LogP contribution in [0.5, 0.6) is 5.75 Å². The number of ether oxygens (including phenoxy) is 1. The molecule has 0 bridgehead atoms. The fourth-order valence-corrected chi connectivity index (χ4v) is 4.24. The van der Waals surface area contributed by atoms with Crippen LogP contribution in [0.4, 0.5) is 0 Å². The molecule has 0 atom stereocenters. The summed E-state index contributed by atoms with van der Waals surface area (Å²) in [6, 6.07) is 16.1. The lowest BCUT2D eigenvalue weighted by Gasteiger charge is -2.38. The van der Waals surface area contributed by atoms with Crippen LogP contribution < -0.4 is 4.74 Å². The van der Waals surface area contributed by atoms with Crippen molar-refractivity contribution >= 4 is 5.91 Å². The van der Waals surface area contributed by atoms with Crippen molar-refractivity contribution in [3.63, 3.8) is 0 Å². The average molecular weight is 431 g/mol. The Kier molecular flexibility index (Phi) is 7.46. The highest BCUT2D eigenvalue weighted by Crippen LogP contribution is 2.22. The van der Waals surface area contributed by atoms with E-state index in [1.54, 1.807) is 25.7 Å². The van der Waals surface area contributed by atoms with E-state index in [4.69, 9.17) is 4.74 Å². The van der Waals surface area contributed by atoms with Gasteiger partial charge in [-0.1, -0.05) is 18.2 Å². The summed E-state index contributed by atoms with van der Waals surface area (Å²) < 4.78 is 5.24. The van der Waals surface area contributed by atoms with Crippen LogP contribution in [0, 0.1) is 0 Å². The van der Waals surface area contributed by atoms with Crippen LogP contribution in [-0.2, 0) is 13.0 Å².